The van der Waals surface area contributed by atoms with Crippen molar-refractivity contribution in [2.24, 2.45) is 11.8 Å². The molecule has 3 amide bonds. The lowest BCUT2D eigenvalue weighted by Crippen LogP contribution is -3.10. The Morgan fingerprint density at radius 2 is 1.90 bits per heavy atom. The Morgan fingerprint density at radius 3 is 2.48 bits per heavy atom. The lowest BCUT2D eigenvalue weighted by Gasteiger charge is -2.24. The van der Waals surface area contributed by atoms with E-state index in [1.807, 2.05) is 4.90 Å². The van der Waals surface area contributed by atoms with Crippen molar-refractivity contribution in [1.82, 2.24) is 4.90 Å². The predicted molar refractivity (Wildman–Crippen MR) is 107 cm³/mol. The molecule has 31 heavy (non-hydrogen) atoms. The molecule has 1 aromatic carbocycles. The maximum atomic E-state index is 14.9. The molecule has 0 bridgehead atoms. The first-order valence-corrected chi connectivity index (χ1v) is 10.2. The number of fused-ring (bicyclic) bond motifs is 1. The van der Waals surface area contributed by atoms with E-state index in [9.17, 15) is 24.0 Å². The van der Waals surface area contributed by atoms with Gasteiger partial charge in [0.25, 0.3) is 0 Å². The van der Waals surface area contributed by atoms with Crippen molar-refractivity contribution >= 4 is 29.3 Å². The summed E-state index contributed by atoms with van der Waals surface area (Å²) in [5.74, 6) is -0.899. The number of benzene rings is 1. The molecule has 3 aliphatic rings. The maximum Gasteiger partial charge on any atom is 0.414 e. The SMILES string of the molecule is CC(=O)[NH+]([O-])C[C@@H]1CN(c2ccc(N3CC4CN(C(=O)CO)CC4C3)c(F)c2)C(=O)O1. The third-order valence-electron chi connectivity index (χ3n) is 6.24. The second-order valence-corrected chi connectivity index (χ2v) is 8.32. The number of rotatable bonds is 5. The van der Waals surface area contributed by atoms with E-state index in [-0.39, 0.29) is 30.8 Å². The molecule has 3 aliphatic heterocycles. The van der Waals surface area contributed by atoms with Crippen LogP contribution in [0.5, 0.6) is 0 Å². The molecule has 4 rings (SSSR count). The van der Waals surface area contributed by atoms with Gasteiger partial charge in [0.2, 0.25) is 5.91 Å². The Bertz CT molecular complexity index is 884. The molecule has 2 N–H and O–H groups in total. The van der Waals surface area contributed by atoms with Gasteiger partial charge < -0.3 is 29.9 Å². The summed E-state index contributed by atoms with van der Waals surface area (Å²) >= 11 is 0. The summed E-state index contributed by atoms with van der Waals surface area (Å²) in [6, 6.07) is 4.51. The molecular formula is C20H25FN4O6. The Morgan fingerprint density at radius 1 is 1.23 bits per heavy atom. The minimum Gasteiger partial charge on any atom is -0.627 e. The van der Waals surface area contributed by atoms with Crippen LogP contribution in [0.25, 0.3) is 0 Å². The van der Waals surface area contributed by atoms with Crippen LogP contribution in [-0.2, 0) is 14.3 Å². The third kappa shape index (κ3) is 4.21. The Kier molecular flexibility index (Phi) is 5.82. The summed E-state index contributed by atoms with van der Waals surface area (Å²) in [4.78, 5) is 39.8. The van der Waals surface area contributed by atoms with E-state index in [0.717, 1.165) is 0 Å². The van der Waals surface area contributed by atoms with Crippen molar-refractivity contribution in [2.45, 2.75) is 13.0 Å². The first-order chi connectivity index (χ1) is 14.8. The molecule has 3 fully saturated rings. The number of likely N-dealkylation sites (tertiary alicyclic amines) is 1. The zero-order valence-electron chi connectivity index (χ0n) is 17.1. The number of nitrogens with zero attached hydrogens (tertiary/aromatic N) is 3. The highest BCUT2D eigenvalue weighted by molar-refractivity contribution is 5.90. The molecule has 4 atom stereocenters. The van der Waals surface area contributed by atoms with Gasteiger partial charge in [-0.05, 0) is 18.2 Å². The van der Waals surface area contributed by atoms with Gasteiger partial charge in [0.1, 0.15) is 19.0 Å². The smallest absolute Gasteiger partial charge is 0.414 e. The number of cyclic esters (lactones) is 1. The number of ether oxygens (including phenoxy) is 1. The lowest BCUT2D eigenvalue weighted by atomic mass is 10.0. The van der Waals surface area contributed by atoms with Crippen LogP contribution in [0, 0.1) is 22.9 Å². The van der Waals surface area contributed by atoms with E-state index in [1.54, 1.807) is 17.0 Å². The first kappa shape index (κ1) is 21.5. The van der Waals surface area contributed by atoms with Crippen molar-refractivity contribution in [1.29, 1.82) is 0 Å². The number of quaternary nitrogens is 1. The highest BCUT2D eigenvalue weighted by atomic mass is 19.1. The minimum absolute atomic E-state index is 0.0687. The van der Waals surface area contributed by atoms with Crippen molar-refractivity contribution in [3.05, 3.63) is 29.2 Å². The molecule has 3 heterocycles. The molecule has 3 unspecified atom stereocenters. The zero-order chi connectivity index (χ0) is 22.3. The van der Waals surface area contributed by atoms with Gasteiger partial charge in [-0.15, -0.1) is 0 Å². The van der Waals surface area contributed by atoms with Crippen molar-refractivity contribution in [3.63, 3.8) is 0 Å². The number of nitrogens with one attached hydrogen (secondary N) is 1. The fraction of sp³-hybridized carbons (Fsp3) is 0.550. The predicted octanol–water partition coefficient (Wildman–Crippen LogP) is -1.03. The molecule has 0 aromatic heterocycles. The highest BCUT2D eigenvalue weighted by Crippen LogP contribution is 2.36. The maximum absolute atomic E-state index is 14.9. The van der Waals surface area contributed by atoms with Gasteiger partial charge in [0, 0.05) is 38.0 Å². The van der Waals surface area contributed by atoms with E-state index in [4.69, 9.17) is 9.84 Å². The van der Waals surface area contributed by atoms with Gasteiger partial charge >= 0.3 is 12.0 Å². The van der Waals surface area contributed by atoms with Crippen LogP contribution < -0.4 is 14.9 Å². The van der Waals surface area contributed by atoms with Gasteiger partial charge in [-0.1, -0.05) is 0 Å². The summed E-state index contributed by atoms with van der Waals surface area (Å²) in [6.45, 7) is 2.87. The van der Waals surface area contributed by atoms with Crippen LogP contribution in [0.4, 0.5) is 20.6 Å². The summed E-state index contributed by atoms with van der Waals surface area (Å²) in [5.41, 5.74) is 0.747. The van der Waals surface area contributed by atoms with Crippen molar-refractivity contribution in [2.75, 3.05) is 55.7 Å². The number of aliphatic hydroxyl groups excluding tert-OH is 1. The summed E-state index contributed by atoms with van der Waals surface area (Å²) in [5, 5.41) is 20.0. The molecular weight excluding hydrogens is 411 g/mol. The number of aliphatic hydroxyl groups is 1. The topological polar surface area (TPSA) is 118 Å². The van der Waals surface area contributed by atoms with Gasteiger partial charge in [0.15, 0.2) is 6.10 Å². The van der Waals surface area contributed by atoms with Crippen LogP contribution >= 0.6 is 0 Å². The second kappa shape index (κ2) is 8.40. The van der Waals surface area contributed by atoms with Gasteiger partial charge in [-0.2, -0.15) is 0 Å². The van der Waals surface area contributed by atoms with Crippen molar-refractivity contribution in [3.8, 4) is 0 Å². The number of hydrogen-bond acceptors (Lipinski definition) is 7. The Balaban J connectivity index is 1.40. The summed E-state index contributed by atoms with van der Waals surface area (Å²) < 4.78 is 20.1. The molecule has 3 saturated heterocycles. The summed E-state index contributed by atoms with van der Waals surface area (Å²) in [6.07, 6.45) is -1.42. The first-order valence-electron chi connectivity index (χ1n) is 10.2. The number of amides is 3. The van der Waals surface area contributed by atoms with E-state index < -0.39 is 35.6 Å². The summed E-state index contributed by atoms with van der Waals surface area (Å²) in [7, 11) is 0. The van der Waals surface area contributed by atoms with E-state index in [0.29, 0.717) is 37.6 Å². The molecule has 10 nitrogen and oxygen atoms in total. The number of carbonyl (C=O) groups is 3. The van der Waals surface area contributed by atoms with Crippen molar-refractivity contribution < 1.29 is 33.7 Å². The molecule has 0 spiro atoms. The van der Waals surface area contributed by atoms with Gasteiger partial charge in [-0.3, -0.25) is 9.69 Å². The quantitative estimate of drug-likeness (QED) is 0.567. The van der Waals surface area contributed by atoms with Crippen LogP contribution in [0.15, 0.2) is 18.2 Å². The third-order valence-corrected chi connectivity index (χ3v) is 6.24. The molecule has 1 aromatic rings. The average Bonchev–Trinajstić information content (AvgIpc) is 3.40. The van der Waals surface area contributed by atoms with Crippen LogP contribution in [-0.4, -0.2) is 79.9 Å². The number of anilines is 2. The van der Waals surface area contributed by atoms with E-state index >= 15 is 0 Å². The number of halogens is 1. The van der Waals surface area contributed by atoms with Crippen LogP contribution in [0.2, 0.25) is 0 Å². The Labute approximate surface area is 178 Å². The van der Waals surface area contributed by atoms with Gasteiger partial charge in [0.05, 0.1) is 24.8 Å². The molecule has 0 radical (unpaired) electrons. The second-order valence-electron chi connectivity index (χ2n) is 8.32. The minimum atomic E-state index is -0.742. The Hall–Kier alpha value is -2.76. The normalized spacial score (nSPS) is 26.3. The monoisotopic (exact) mass is 436 g/mol. The number of hydrogen-bond donors (Lipinski definition) is 2. The standard InChI is InChI=1S/C20H25FN4O6/c1-12(27)25(30)10-16-9-24(20(29)31-16)15-2-3-18(17(21)4-15)22-5-13-7-23(19(28)11-26)8-14(13)6-22/h2-4,13-14,16,25-26H,5-11H2,1H3/t13?,14?,16-/m0/s1. The fourth-order valence-corrected chi connectivity index (χ4v) is 4.60. The molecule has 0 saturated carbocycles. The molecule has 0 aliphatic carbocycles. The lowest BCUT2D eigenvalue weighted by molar-refractivity contribution is -0.768. The van der Waals surface area contributed by atoms with E-state index in [1.165, 1.54) is 17.9 Å². The van der Waals surface area contributed by atoms with Gasteiger partial charge in [-0.25, -0.2) is 14.0 Å². The van der Waals surface area contributed by atoms with E-state index in [2.05, 4.69) is 0 Å². The molecule has 168 valence electrons. The highest BCUT2D eigenvalue weighted by Gasteiger charge is 2.42. The molecule has 11 heteroatoms. The van der Waals surface area contributed by atoms with Crippen LogP contribution in [0.3, 0.4) is 0 Å². The zero-order valence-corrected chi connectivity index (χ0v) is 17.1. The fourth-order valence-electron chi connectivity index (χ4n) is 4.60. The average molecular weight is 436 g/mol. The van der Waals surface area contributed by atoms with Crippen LogP contribution in [0.1, 0.15) is 6.92 Å². The number of hydroxylamine groups is 2. The number of carbonyl (C=O) groups excluding carboxylic acids is 3. The largest absolute Gasteiger partial charge is 0.627 e.